The summed E-state index contributed by atoms with van der Waals surface area (Å²) in [6, 6.07) is 9.57. The Morgan fingerprint density at radius 1 is 1.26 bits per heavy atom. The fraction of sp³-hybridized carbons (Fsp3) is 0.562. The Bertz CT molecular complexity index is 435. The third kappa shape index (κ3) is 2.81. The number of aliphatic carboxylic acids is 1. The third-order valence-corrected chi connectivity index (χ3v) is 4.49. The zero-order valence-corrected chi connectivity index (χ0v) is 12.0. The maximum absolute atomic E-state index is 11.7. The molecule has 1 heterocycles. The molecule has 3 atom stereocenters. The summed E-state index contributed by atoms with van der Waals surface area (Å²) >= 11 is 0. The molecule has 0 amide bonds. The number of carboxylic acids is 1. The standard InChI is InChI=1S/C16H23NO2/c1-12-9-17(10-13(12)2)11-16(3,15(18)19)14-7-5-4-6-8-14/h4-8,12-13H,9-11H2,1-3H3,(H,18,19). The van der Waals surface area contributed by atoms with E-state index in [9.17, 15) is 9.90 Å². The van der Waals surface area contributed by atoms with Gasteiger partial charge in [-0.3, -0.25) is 4.79 Å². The van der Waals surface area contributed by atoms with Crippen LogP contribution in [0.1, 0.15) is 26.3 Å². The average molecular weight is 261 g/mol. The van der Waals surface area contributed by atoms with E-state index in [1.165, 1.54) is 0 Å². The molecule has 3 heteroatoms. The van der Waals surface area contributed by atoms with Crippen LogP contribution in [0.25, 0.3) is 0 Å². The van der Waals surface area contributed by atoms with Crippen LogP contribution in [0.4, 0.5) is 0 Å². The summed E-state index contributed by atoms with van der Waals surface area (Å²) < 4.78 is 0. The Morgan fingerprint density at radius 3 is 2.26 bits per heavy atom. The fourth-order valence-corrected chi connectivity index (χ4v) is 2.91. The molecule has 0 aliphatic carbocycles. The second-order valence-corrected chi connectivity index (χ2v) is 6.15. The molecule has 1 aromatic rings. The van der Waals surface area contributed by atoms with E-state index in [1.54, 1.807) is 0 Å². The highest BCUT2D eigenvalue weighted by Crippen LogP contribution is 2.30. The molecule has 19 heavy (non-hydrogen) atoms. The zero-order valence-electron chi connectivity index (χ0n) is 12.0. The molecule has 1 aromatic carbocycles. The first-order valence-electron chi connectivity index (χ1n) is 6.95. The van der Waals surface area contributed by atoms with Crippen LogP contribution in [0, 0.1) is 11.8 Å². The first kappa shape index (κ1) is 14.1. The molecule has 1 fully saturated rings. The van der Waals surface area contributed by atoms with Crippen LogP contribution < -0.4 is 0 Å². The lowest BCUT2D eigenvalue weighted by Crippen LogP contribution is -2.44. The molecule has 3 unspecified atom stereocenters. The van der Waals surface area contributed by atoms with E-state index < -0.39 is 11.4 Å². The van der Waals surface area contributed by atoms with Gasteiger partial charge in [-0.25, -0.2) is 0 Å². The molecule has 0 spiro atoms. The number of hydrogen-bond acceptors (Lipinski definition) is 2. The molecule has 1 aliphatic rings. The van der Waals surface area contributed by atoms with Gasteiger partial charge in [0.2, 0.25) is 0 Å². The van der Waals surface area contributed by atoms with E-state index in [4.69, 9.17) is 0 Å². The molecule has 3 nitrogen and oxygen atoms in total. The summed E-state index contributed by atoms with van der Waals surface area (Å²) in [6.07, 6.45) is 0. The summed E-state index contributed by atoms with van der Waals surface area (Å²) in [5.74, 6) is 0.550. The van der Waals surface area contributed by atoms with Gasteiger partial charge in [-0.15, -0.1) is 0 Å². The molecular weight excluding hydrogens is 238 g/mol. The van der Waals surface area contributed by atoms with Gasteiger partial charge in [0.1, 0.15) is 5.41 Å². The van der Waals surface area contributed by atoms with Gasteiger partial charge < -0.3 is 10.0 Å². The van der Waals surface area contributed by atoms with Crippen molar-refractivity contribution in [2.75, 3.05) is 19.6 Å². The summed E-state index contributed by atoms with van der Waals surface area (Å²) in [4.78, 5) is 14.0. The fourth-order valence-electron chi connectivity index (χ4n) is 2.91. The van der Waals surface area contributed by atoms with Crippen LogP contribution in [-0.4, -0.2) is 35.6 Å². The summed E-state index contributed by atoms with van der Waals surface area (Å²) in [6.45, 7) is 8.89. The van der Waals surface area contributed by atoms with Gasteiger partial charge in [-0.05, 0) is 24.3 Å². The van der Waals surface area contributed by atoms with Gasteiger partial charge in [-0.2, -0.15) is 0 Å². The molecule has 2 rings (SSSR count). The second-order valence-electron chi connectivity index (χ2n) is 6.15. The SMILES string of the molecule is CC1CN(CC(C)(C(=O)O)c2ccccc2)CC1C. The van der Waals surface area contributed by atoms with Gasteiger partial charge in [0.25, 0.3) is 0 Å². The molecule has 1 N–H and O–H groups in total. The molecule has 0 radical (unpaired) electrons. The number of benzene rings is 1. The number of carbonyl (C=O) groups is 1. The number of carboxylic acid groups (broad SMARTS) is 1. The number of hydrogen-bond donors (Lipinski definition) is 1. The average Bonchev–Trinajstić information content (AvgIpc) is 2.69. The van der Waals surface area contributed by atoms with Crippen molar-refractivity contribution in [3.05, 3.63) is 35.9 Å². The Kier molecular flexibility index (Phi) is 3.95. The highest BCUT2D eigenvalue weighted by Gasteiger charge is 2.39. The topological polar surface area (TPSA) is 40.5 Å². The smallest absolute Gasteiger partial charge is 0.315 e. The van der Waals surface area contributed by atoms with Crippen molar-refractivity contribution in [3.8, 4) is 0 Å². The van der Waals surface area contributed by atoms with Crippen LogP contribution in [-0.2, 0) is 10.2 Å². The van der Waals surface area contributed by atoms with Crippen molar-refractivity contribution in [2.45, 2.75) is 26.2 Å². The van der Waals surface area contributed by atoms with Crippen LogP contribution >= 0.6 is 0 Å². The van der Waals surface area contributed by atoms with Crippen LogP contribution in [0.3, 0.4) is 0 Å². The number of likely N-dealkylation sites (tertiary alicyclic amines) is 1. The molecule has 0 saturated carbocycles. The van der Waals surface area contributed by atoms with Crippen molar-refractivity contribution in [1.29, 1.82) is 0 Å². The predicted octanol–water partition coefficient (Wildman–Crippen LogP) is 2.62. The van der Waals surface area contributed by atoms with Crippen molar-refractivity contribution in [2.24, 2.45) is 11.8 Å². The van der Waals surface area contributed by atoms with E-state index in [2.05, 4.69) is 18.7 Å². The Balaban J connectivity index is 2.20. The van der Waals surface area contributed by atoms with Gasteiger partial charge >= 0.3 is 5.97 Å². The lowest BCUT2D eigenvalue weighted by Gasteiger charge is -2.30. The Labute approximate surface area is 115 Å². The predicted molar refractivity (Wildman–Crippen MR) is 76.2 cm³/mol. The minimum absolute atomic E-state index is 0.584. The van der Waals surface area contributed by atoms with Crippen molar-refractivity contribution in [1.82, 2.24) is 4.90 Å². The summed E-state index contributed by atoms with van der Waals surface area (Å²) in [7, 11) is 0. The third-order valence-electron chi connectivity index (χ3n) is 4.49. The van der Waals surface area contributed by atoms with Gasteiger partial charge in [-0.1, -0.05) is 44.2 Å². The first-order valence-corrected chi connectivity index (χ1v) is 6.95. The first-order chi connectivity index (χ1) is 8.93. The normalized spacial score (nSPS) is 27.1. The van der Waals surface area contributed by atoms with Gasteiger partial charge in [0, 0.05) is 19.6 Å². The minimum atomic E-state index is -0.828. The van der Waals surface area contributed by atoms with E-state index in [1.807, 2.05) is 37.3 Å². The van der Waals surface area contributed by atoms with E-state index in [0.717, 1.165) is 18.7 Å². The minimum Gasteiger partial charge on any atom is -0.481 e. The molecule has 104 valence electrons. The lowest BCUT2D eigenvalue weighted by atomic mass is 9.82. The quantitative estimate of drug-likeness (QED) is 0.905. The molecule has 1 saturated heterocycles. The largest absolute Gasteiger partial charge is 0.481 e. The number of nitrogens with zero attached hydrogens (tertiary/aromatic N) is 1. The second kappa shape index (κ2) is 5.33. The van der Waals surface area contributed by atoms with Crippen molar-refractivity contribution < 1.29 is 9.90 Å². The maximum Gasteiger partial charge on any atom is 0.315 e. The van der Waals surface area contributed by atoms with E-state index in [-0.39, 0.29) is 0 Å². The zero-order chi connectivity index (χ0) is 14.0. The molecule has 1 aliphatic heterocycles. The Hall–Kier alpha value is -1.35. The molecule has 0 aromatic heterocycles. The summed E-state index contributed by atoms with van der Waals surface area (Å²) in [5, 5.41) is 9.65. The molecular formula is C16H23NO2. The van der Waals surface area contributed by atoms with E-state index >= 15 is 0 Å². The summed E-state index contributed by atoms with van der Waals surface area (Å²) in [5.41, 5.74) is 0.0557. The maximum atomic E-state index is 11.7. The van der Waals surface area contributed by atoms with Crippen LogP contribution in [0.2, 0.25) is 0 Å². The number of rotatable bonds is 4. The van der Waals surface area contributed by atoms with Gasteiger partial charge in [0.05, 0.1) is 0 Å². The molecule has 0 bridgehead atoms. The lowest BCUT2D eigenvalue weighted by molar-refractivity contribution is -0.144. The highest BCUT2D eigenvalue weighted by molar-refractivity contribution is 5.81. The Morgan fingerprint density at radius 2 is 1.79 bits per heavy atom. The monoisotopic (exact) mass is 261 g/mol. The van der Waals surface area contributed by atoms with Crippen LogP contribution in [0.15, 0.2) is 30.3 Å². The van der Waals surface area contributed by atoms with E-state index in [0.29, 0.717) is 18.4 Å². The highest BCUT2D eigenvalue weighted by atomic mass is 16.4. The van der Waals surface area contributed by atoms with Crippen LogP contribution in [0.5, 0.6) is 0 Å². The van der Waals surface area contributed by atoms with Crippen molar-refractivity contribution in [3.63, 3.8) is 0 Å². The van der Waals surface area contributed by atoms with Gasteiger partial charge in [0.15, 0.2) is 0 Å². The van der Waals surface area contributed by atoms with Crippen molar-refractivity contribution >= 4 is 5.97 Å².